The number of hydrogen-bond donors (Lipinski definition) is 1. The summed E-state index contributed by atoms with van der Waals surface area (Å²) in [6.07, 6.45) is -4.25. The molecule has 238 valence electrons. The summed E-state index contributed by atoms with van der Waals surface area (Å²) in [4.78, 5) is 26.2. The van der Waals surface area contributed by atoms with E-state index in [0.29, 0.717) is 10.9 Å². The van der Waals surface area contributed by atoms with Gasteiger partial charge in [0.05, 0.1) is 24.2 Å². The lowest BCUT2D eigenvalue weighted by Gasteiger charge is -2.25. The fourth-order valence-corrected chi connectivity index (χ4v) is 6.19. The summed E-state index contributed by atoms with van der Waals surface area (Å²) < 4.78 is 101. The fourth-order valence-electron chi connectivity index (χ4n) is 5.22. The number of anilines is 1. The van der Waals surface area contributed by atoms with Crippen molar-refractivity contribution < 1.29 is 44.4 Å². The van der Waals surface area contributed by atoms with Crippen molar-refractivity contribution in [2.45, 2.75) is 44.3 Å². The number of ketones is 1. The largest absolute Gasteiger partial charge is 0.455 e. The monoisotopic (exact) mass is 648 g/mol. The Hall–Kier alpha value is -4.26. The number of Topliss-reactive ketones (excluding diaryl/α,β-unsaturated/α-hetero) is 1. The van der Waals surface area contributed by atoms with Crippen LogP contribution in [0.1, 0.15) is 53.3 Å². The third kappa shape index (κ3) is 6.31. The highest BCUT2D eigenvalue weighted by Gasteiger charge is 2.64. The number of carbonyl (C=O) groups excluding carboxylic acids is 2. The number of nitrogens with one attached hydrogen (secondary N) is 1. The van der Waals surface area contributed by atoms with Crippen molar-refractivity contribution in [3.05, 3.63) is 77.6 Å². The number of carbonyl (C=O) groups is 2. The number of furan rings is 1. The SMILES string of the molecule is CCC(=O)c1c(-c2ccc(F)cc2)oc2cc(N(CCCF)S(C)(=O)=O)c(-c3cccc(C(=O)NC4(C(F)(F)F)CC4)c3)cc12. The molecule has 4 aromatic rings. The Morgan fingerprint density at radius 1 is 1.02 bits per heavy atom. The second kappa shape index (κ2) is 11.9. The van der Waals surface area contributed by atoms with Crippen LogP contribution in [0.5, 0.6) is 0 Å². The molecule has 3 aromatic carbocycles. The van der Waals surface area contributed by atoms with Gasteiger partial charge in [-0.3, -0.25) is 18.3 Å². The molecule has 7 nitrogen and oxygen atoms in total. The Morgan fingerprint density at radius 3 is 2.29 bits per heavy atom. The lowest BCUT2D eigenvalue weighted by Crippen LogP contribution is -2.47. The number of rotatable bonds is 11. The van der Waals surface area contributed by atoms with E-state index >= 15 is 0 Å². The van der Waals surface area contributed by atoms with Crippen molar-refractivity contribution in [1.82, 2.24) is 5.32 Å². The minimum atomic E-state index is -4.63. The van der Waals surface area contributed by atoms with Crippen molar-refractivity contribution in [2.24, 2.45) is 0 Å². The number of nitrogens with zero attached hydrogens (tertiary/aromatic N) is 1. The van der Waals surface area contributed by atoms with Crippen LogP contribution in [0.15, 0.2) is 65.1 Å². The van der Waals surface area contributed by atoms with E-state index in [1.165, 1.54) is 60.7 Å². The van der Waals surface area contributed by atoms with Crippen molar-refractivity contribution in [3.63, 3.8) is 0 Å². The lowest BCUT2D eigenvalue weighted by molar-refractivity contribution is -0.163. The maximum atomic E-state index is 13.7. The minimum Gasteiger partial charge on any atom is -0.455 e. The Kier molecular flexibility index (Phi) is 8.51. The first-order valence-electron chi connectivity index (χ1n) is 14.1. The second-order valence-electron chi connectivity index (χ2n) is 10.9. The zero-order valence-electron chi connectivity index (χ0n) is 24.3. The van der Waals surface area contributed by atoms with Crippen LogP contribution in [0.4, 0.5) is 27.6 Å². The Bertz CT molecular complexity index is 1880. The number of benzene rings is 3. The Labute approximate surface area is 256 Å². The van der Waals surface area contributed by atoms with Gasteiger partial charge in [-0.15, -0.1) is 0 Å². The van der Waals surface area contributed by atoms with Crippen LogP contribution in [0.2, 0.25) is 0 Å². The molecule has 45 heavy (non-hydrogen) atoms. The van der Waals surface area contributed by atoms with Crippen molar-refractivity contribution >= 4 is 38.4 Å². The molecule has 1 heterocycles. The van der Waals surface area contributed by atoms with Crippen LogP contribution in [0.3, 0.4) is 0 Å². The predicted molar refractivity (Wildman–Crippen MR) is 160 cm³/mol. The van der Waals surface area contributed by atoms with Gasteiger partial charge in [0.2, 0.25) is 10.0 Å². The molecule has 13 heteroatoms. The molecule has 0 aliphatic heterocycles. The quantitative estimate of drug-likeness (QED) is 0.135. The van der Waals surface area contributed by atoms with Gasteiger partial charge in [0.25, 0.3) is 5.91 Å². The Morgan fingerprint density at radius 2 is 1.71 bits per heavy atom. The molecule has 0 atom stereocenters. The highest BCUT2D eigenvalue weighted by atomic mass is 32.2. The van der Waals surface area contributed by atoms with E-state index < -0.39 is 40.1 Å². The van der Waals surface area contributed by atoms with Gasteiger partial charge in [0.1, 0.15) is 22.7 Å². The normalized spacial score (nSPS) is 14.4. The molecule has 0 unspecified atom stereocenters. The average molecular weight is 649 g/mol. The molecule has 0 saturated heterocycles. The smallest absolute Gasteiger partial charge is 0.411 e. The first-order chi connectivity index (χ1) is 21.2. The summed E-state index contributed by atoms with van der Waals surface area (Å²) >= 11 is 0. The third-order valence-electron chi connectivity index (χ3n) is 7.76. The van der Waals surface area contributed by atoms with Gasteiger partial charge in [0, 0.05) is 41.1 Å². The highest BCUT2D eigenvalue weighted by Crippen LogP contribution is 2.49. The highest BCUT2D eigenvalue weighted by molar-refractivity contribution is 7.92. The summed E-state index contributed by atoms with van der Waals surface area (Å²) in [5.74, 6) is -1.66. The summed E-state index contributed by atoms with van der Waals surface area (Å²) in [5.41, 5.74) is -1.23. The van der Waals surface area contributed by atoms with Gasteiger partial charge < -0.3 is 9.73 Å². The van der Waals surface area contributed by atoms with Crippen LogP contribution in [-0.4, -0.2) is 51.3 Å². The fraction of sp³-hybridized carbons (Fsp3) is 0.312. The number of alkyl halides is 4. The zero-order valence-corrected chi connectivity index (χ0v) is 25.1. The van der Waals surface area contributed by atoms with E-state index in [1.807, 2.05) is 0 Å². The van der Waals surface area contributed by atoms with Gasteiger partial charge in [-0.05, 0) is 67.3 Å². The second-order valence-corrected chi connectivity index (χ2v) is 12.9. The van der Waals surface area contributed by atoms with Gasteiger partial charge >= 0.3 is 6.18 Å². The molecule has 1 amide bonds. The van der Waals surface area contributed by atoms with E-state index in [4.69, 9.17) is 4.42 Å². The number of fused-ring (bicyclic) bond motifs is 1. The maximum absolute atomic E-state index is 13.7. The molecule has 1 aliphatic rings. The molecule has 0 spiro atoms. The van der Waals surface area contributed by atoms with Gasteiger partial charge in [0.15, 0.2) is 5.78 Å². The summed E-state index contributed by atoms with van der Waals surface area (Å²) in [7, 11) is -4.02. The number of sulfonamides is 1. The topological polar surface area (TPSA) is 96.7 Å². The molecule has 1 aromatic heterocycles. The van der Waals surface area contributed by atoms with Crippen molar-refractivity contribution in [1.29, 1.82) is 0 Å². The van der Waals surface area contributed by atoms with E-state index in [2.05, 4.69) is 5.32 Å². The van der Waals surface area contributed by atoms with E-state index in [1.54, 1.807) is 6.92 Å². The molecule has 1 saturated carbocycles. The first-order valence-corrected chi connectivity index (χ1v) is 16.0. The predicted octanol–water partition coefficient (Wildman–Crippen LogP) is 7.45. The molecular formula is C32H29F5N2O5S. The molecule has 1 aliphatic carbocycles. The molecule has 0 radical (unpaired) electrons. The Balaban J connectivity index is 1.73. The van der Waals surface area contributed by atoms with Crippen molar-refractivity contribution in [3.8, 4) is 22.5 Å². The molecule has 0 bridgehead atoms. The number of amides is 1. The van der Waals surface area contributed by atoms with E-state index in [-0.39, 0.29) is 77.3 Å². The van der Waals surface area contributed by atoms with Gasteiger partial charge in [-0.1, -0.05) is 19.1 Å². The van der Waals surface area contributed by atoms with E-state index in [0.717, 1.165) is 10.6 Å². The van der Waals surface area contributed by atoms with Crippen LogP contribution in [-0.2, 0) is 10.0 Å². The minimum absolute atomic E-state index is 0.0415. The molecule has 1 N–H and O–H groups in total. The summed E-state index contributed by atoms with van der Waals surface area (Å²) in [5, 5.41) is 2.37. The maximum Gasteiger partial charge on any atom is 0.411 e. The van der Waals surface area contributed by atoms with Crippen LogP contribution < -0.4 is 9.62 Å². The van der Waals surface area contributed by atoms with Crippen LogP contribution in [0, 0.1) is 5.82 Å². The van der Waals surface area contributed by atoms with Gasteiger partial charge in [-0.25, -0.2) is 12.8 Å². The summed E-state index contributed by atoms with van der Waals surface area (Å²) in [6.45, 7) is 0.572. The van der Waals surface area contributed by atoms with Gasteiger partial charge in [-0.2, -0.15) is 13.2 Å². The van der Waals surface area contributed by atoms with Crippen LogP contribution in [0.25, 0.3) is 33.4 Å². The lowest BCUT2D eigenvalue weighted by atomic mass is 9.95. The standard InChI is InChI=1S/C32H29F5N2O5S/c1-3-26(40)28-24-17-23(20-6-4-7-21(16-20)30(41)38-31(12-13-31)32(35,36)37)25(39(15-5-14-33)45(2,42)43)18-27(24)44-29(28)19-8-10-22(34)11-9-19/h4,6-11,16-18H,3,5,12-15H2,1-2H3,(H,38,41). The zero-order chi connectivity index (χ0) is 32.7. The third-order valence-corrected chi connectivity index (χ3v) is 8.94. The van der Waals surface area contributed by atoms with Crippen LogP contribution >= 0.6 is 0 Å². The van der Waals surface area contributed by atoms with Crippen molar-refractivity contribution in [2.75, 3.05) is 23.8 Å². The average Bonchev–Trinajstić information content (AvgIpc) is 3.69. The summed E-state index contributed by atoms with van der Waals surface area (Å²) in [6, 6.07) is 13.8. The molecule has 5 rings (SSSR count). The number of halogens is 5. The molecule has 1 fully saturated rings. The molecular weight excluding hydrogens is 619 g/mol. The first kappa shape index (κ1) is 32.1. The number of hydrogen-bond acceptors (Lipinski definition) is 5. The van der Waals surface area contributed by atoms with E-state index in [9.17, 15) is 40.0 Å².